The van der Waals surface area contributed by atoms with Crippen LogP contribution >= 0.6 is 24.0 Å². The summed E-state index contributed by atoms with van der Waals surface area (Å²) in [6.07, 6.45) is 0. The van der Waals surface area contributed by atoms with Gasteiger partial charge in [0.2, 0.25) is 0 Å². The van der Waals surface area contributed by atoms with Gasteiger partial charge in [-0.15, -0.1) is 24.0 Å². The van der Waals surface area contributed by atoms with E-state index in [1.165, 1.54) is 19.2 Å². The highest BCUT2D eigenvalue weighted by molar-refractivity contribution is 14.0. The lowest BCUT2D eigenvalue weighted by molar-refractivity contribution is 0.281. The third kappa shape index (κ3) is 7.06. The highest BCUT2D eigenvalue weighted by atomic mass is 127. The van der Waals surface area contributed by atoms with Crippen molar-refractivity contribution >= 4 is 29.9 Å². The van der Waals surface area contributed by atoms with Crippen LogP contribution in [0.15, 0.2) is 47.5 Å². The number of para-hydroxylation sites is 1. The maximum atomic E-state index is 12.9. The largest absolute Gasteiger partial charge is 0.504 e. The van der Waals surface area contributed by atoms with Crippen LogP contribution in [-0.4, -0.2) is 49.8 Å². The highest BCUT2D eigenvalue weighted by Crippen LogP contribution is 2.29. The molecular formula is C20H27FIN3O3. The monoisotopic (exact) mass is 503 g/mol. The average Bonchev–Trinajstić information content (AvgIpc) is 2.67. The maximum Gasteiger partial charge on any atom is 0.194 e. The van der Waals surface area contributed by atoms with Gasteiger partial charge in [-0.3, -0.25) is 0 Å². The molecule has 6 nitrogen and oxygen atoms in total. The molecule has 2 aromatic carbocycles. The van der Waals surface area contributed by atoms with E-state index in [0.29, 0.717) is 49.3 Å². The summed E-state index contributed by atoms with van der Waals surface area (Å²) in [5, 5.41) is 13.4. The Morgan fingerprint density at radius 2 is 1.93 bits per heavy atom. The molecule has 8 heteroatoms. The first-order valence-corrected chi connectivity index (χ1v) is 8.77. The first kappa shape index (κ1) is 23.8. The van der Waals surface area contributed by atoms with E-state index < -0.39 is 0 Å². The molecule has 0 unspecified atom stereocenters. The van der Waals surface area contributed by atoms with Crippen LogP contribution in [0.3, 0.4) is 0 Å². The van der Waals surface area contributed by atoms with Gasteiger partial charge in [0.1, 0.15) is 18.2 Å². The number of likely N-dealkylation sites (N-methyl/N-ethyl adjacent to an activating group) is 1. The lowest BCUT2D eigenvalue weighted by Gasteiger charge is -2.22. The fourth-order valence-corrected chi connectivity index (χ4v) is 2.43. The lowest BCUT2D eigenvalue weighted by atomic mass is 10.2. The predicted molar refractivity (Wildman–Crippen MR) is 119 cm³/mol. The van der Waals surface area contributed by atoms with E-state index in [2.05, 4.69) is 10.3 Å². The second-order valence-electron chi connectivity index (χ2n) is 5.86. The van der Waals surface area contributed by atoms with E-state index in [1.54, 1.807) is 18.2 Å². The summed E-state index contributed by atoms with van der Waals surface area (Å²) < 4.78 is 23.7. The topological polar surface area (TPSA) is 66.3 Å². The summed E-state index contributed by atoms with van der Waals surface area (Å²) in [4.78, 5) is 6.50. The van der Waals surface area contributed by atoms with Gasteiger partial charge in [-0.2, -0.15) is 0 Å². The van der Waals surface area contributed by atoms with Crippen LogP contribution in [0.25, 0.3) is 0 Å². The number of ether oxygens (including phenoxy) is 2. The average molecular weight is 503 g/mol. The number of rotatable bonds is 8. The van der Waals surface area contributed by atoms with Crippen molar-refractivity contribution in [2.45, 2.75) is 13.5 Å². The zero-order valence-electron chi connectivity index (χ0n) is 16.3. The fourth-order valence-electron chi connectivity index (χ4n) is 2.43. The van der Waals surface area contributed by atoms with Gasteiger partial charge in [0.05, 0.1) is 20.2 Å². The molecular weight excluding hydrogens is 476 g/mol. The van der Waals surface area contributed by atoms with E-state index in [0.717, 1.165) is 0 Å². The number of phenols is 1. The van der Waals surface area contributed by atoms with Crippen LogP contribution in [0, 0.1) is 5.82 Å². The Balaban J connectivity index is 0.00000392. The Morgan fingerprint density at radius 3 is 2.57 bits per heavy atom. The Kier molecular flexibility index (Phi) is 10.4. The number of nitrogens with zero attached hydrogens (tertiary/aromatic N) is 2. The number of hydrogen-bond acceptors (Lipinski definition) is 4. The first-order valence-electron chi connectivity index (χ1n) is 8.77. The molecule has 154 valence electrons. The van der Waals surface area contributed by atoms with Crippen molar-refractivity contribution in [2.75, 3.05) is 33.9 Å². The number of aromatic hydroxyl groups is 1. The zero-order chi connectivity index (χ0) is 19.6. The van der Waals surface area contributed by atoms with E-state index in [4.69, 9.17) is 9.47 Å². The standard InChI is InChI=1S/C20H26FN3O3.HI/c1-4-22-20(23-14-15-6-5-7-18(26-3)19(15)25)24(2)12-13-27-17-10-8-16(21)9-11-17;/h5-11,25H,4,12-14H2,1-3H3,(H,22,23);1H. The molecule has 0 aliphatic heterocycles. The molecule has 0 fully saturated rings. The quantitative estimate of drug-likeness (QED) is 0.327. The molecule has 2 N–H and O–H groups in total. The van der Waals surface area contributed by atoms with Gasteiger partial charge in [-0.05, 0) is 37.3 Å². The minimum absolute atomic E-state index is 0. The van der Waals surface area contributed by atoms with Gasteiger partial charge in [-0.25, -0.2) is 9.38 Å². The molecule has 0 aliphatic rings. The van der Waals surface area contributed by atoms with Gasteiger partial charge < -0.3 is 24.8 Å². The molecule has 0 aromatic heterocycles. The predicted octanol–water partition coefficient (Wildman–Crippen LogP) is 3.63. The zero-order valence-corrected chi connectivity index (χ0v) is 18.6. The molecule has 2 rings (SSSR count). The Labute approximate surface area is 182 Å². The second-order valence-corrected chi connectivity index (χ2v) is 5.86. The SMILES string of the molecule is CCNC(=NCc1cccc(OC)c1O)N(C)CCOc1ccc(F)cc1.I. The summed E-state index contributed by atoms with van der Waals surface area (Å²) in [6.45, 7) is 4.03. The van der Waals surface area contributed by atoms with E-state index in [1.807, 2.05) is 31.0 Å². The van der Waals surface area contributed by atoms with Crippen molar-refractivity contribution in [3.05, 3.63) is 53.8 Å². The molecule has 0 aliphatic carbocycles. The molecule has 0 amide bonds. The number of aliphatic imine (C=N–C) groups is 1. The number of phenolic OH excluding ortho intramolecular Hbond substituents is 1. The van der Waals surface area contributed by atoms with Crippen molar-refractivity contribution in [1.29, 1.82) is 0 Å². The van der Waals surface area contributed by atoms with Gasteiger partial charge in [-0.1, -0.05) is 12.1 Å². The number of methoxy groups -OCH3 is 1. The molecule has 0 saturated heterocycles. The third-order valence-corrected chi connectivity index (χ3v) is 3.91. The summed E-state index contributed by atoms with van der Waals surface area (Å²) in [5.41, 5.74) is 0.681. The van der Waals surface area contributed by atoms with Crippen LogP contribution in [0.1, 0.15) is 12.5 Å². The van der Waals surface area contributed by atoms with Crippen molar-refractivity contribution in [3.63, 3.8) is 0 Å². The summed E-state index contributed by atoms with van der Waals surface area (Å²) in [5.74, 6) is 1.55. The second kappa shape index (κ2) is 12.3. The summed E-state index contributed by atoms with van der Waals surface area (Å²) in [6, 6.07) is 11.3. The number of benzene rings is 2. The normalized spacial score (nSPS) is 10.8. The third-order valence-electron chi connectivity index (χ3n) is 3.91. The molecule has 2 aromatic rings. The van der Waals surface area contributed by atoms with Gasteiger partial charge in [0, 0.05) is 19.2 Å². The lowest BCUT2D eigenvalue weighted by Crippen LogP contribution is -2.40. The minimum atomic E-state index is -0.290. The van der Waals surface area contributed by atoms with E-state index >= 15 is 0 Å². The van der Waals surface area contributed by atoms with Crippen LogP contribution in [-0.2, 0) is 6.54 Å². The molecule has 0 radical (unpaired) electrons. The van der Waals surface area contributed by atoms with Crippen LogP contribution < -0.4 is 14.8 Å². The fraction of sp³-hybridized carbons (Fsp3) is 0.350. The highest BCUT2D eigenvalue weighted by Gasteiger charge is 2.09. The smallest absolute Gasteiger partial charge is 0.194 e. The first-order chi connectivity index (χ1) is 13.0. The Bertz CT molecular complexity index is 757. The molecule has 28 heavy (non-hydrogen) atoms. The van der Waals surface area contributed by atoms with Crippen molar-refractivity contribution < 1.29 is 19.0 Å². The van der Waals surface area contributed by atoms with Crippen molar-refractivity contribution in [3.8, 4) is 17.2 Å². The number of hydrogen-bond donors (Lipinski definition) is 2. The van der Waals surface area contributed by atoms with Crippen molar-refractivity contribution in [1.82, 2.24) is 10.2 Å². The number of halogens is 2. The molecule has 0 heterocycles. The van der Waals surface area contributed by atoms with Gasteiger partial charge >= 0.3 is 0 Å². The molecule has 0 atom stereocenters. The van der Waals surface area contributed by atoms with Crippen LogP contribution in [0.2, 0.25) is 0 Å². The summed E-state index contributed by atoms with van der Waals surface area (Å²) >= 11 is 0. The number of nitrogens with one attached hydrogen (secondary N) is 1. The van der Waals surface area contributed by atoms with E-state index in [-0.39, 0.29) is 35.5 Å². The molecule has 0 saturated carbocycles. The summed E-state index contributed by atoms with van der Waals surface area (Å²) in [7, 11) is 3.42. The minimum Gasteiger partial charge on any atom is -0.504 e. The van der Waals surface area contributed by atoms with Gasteiger partial charge in [0.25, 0.3) is 0 Å². The van der Waals surface area contributed by atoms with Gasteiger partial charge in [0.15, 0.2) is 17.5 Å². The van der Waals surface area contributed by atoms with Crippen LogP contribution in [0.5, 0.6) is 17.2 Å². The van der Waals surface area contributed by atoms with E-state index in [9.17, 15) is 9.50 Å². The maximum absolute atomic E-state index is 12.9. The Hall–Kier alpha value is -2.23. The Morgan fingerprint density at radius 1 is 1.21 bits per heavy atom. The van der Waals surface area contributed by atoms with Crippen molar-refractivity contribution in [2.24, 2.45) is 4.99 Å². The molecule has 0 bridgehead atoms. The molecule has 0 spiro atoms. The van der Waals surface area contributed by atoms with Crippen LogP contribution in [0.4, 0.5) is 4.39 Å². The number of guanidine groups is 1.